The quantitative estimate of drug-likeness (QED) is 0.601. The Kier molecular flexibility index (Phi) is 5.89. The van der Waals surface area contributed by atoms with E-state index in [1.807, 2.05) is 12.2 Å². The van der Waals surface area contributed by atoms with Crippen LogP contribution in [0, 0.1) is 23.2 Å². The summed E-state index contributed by atoms with van der Waals surface area (Å²) in [5, 5.41) is 19.7. The van der Waals surface area contributed by atoms with Crippen molar-refractivity contribution in [3.8, 4) is 0 Å². The lowest BCUT2D eigenvalue weighted by Crippen LogP contribution is -2.42. The van der Waals surface area contributed by atoms with Crippen molar-refractivity contribution in [2.45, 2.75) is 65.7 Å². The zero-order valence-corrected chi connectivity index (χ0v) is 15.0. The van der Waals surface area contributed by atoms with Gasteiger partial charge in [0.05, 0.1) is 5.41 Å². The van der Waals surface area contributed by atoms with Gasteiger partial charge in [0, 0.05) is 11.5 Å². The molecule has 0 aromatic rings. The molecule has 2 N–H and O–H groups in total. The number of unbranched alkanes of at least 4 members (excludes halogenated alkanes) is 2. The topological polar surface area (TPSA) is 74.6 Å². The van der Waals surface area contributed by atoms with Crippen LogP contribution in [0.4, 0.5) is 0 Å². The van der Waals surface area contributed by atoms with Gasteiger partial charge in [0.25, 0.3) is 0 Å². The zero-order chi connectivity index (χ0) is 17.9. The third-order valence-corrected chi connectivity index (χ3v) is 5.94. The van der Waals surface area contributed by atoms with Gasteiger partial charge >= 0.3 is 11.9 Å². The Balaban J connectivity index is 2.39. The first-order chi connectivity index (χ1) is 11.4. The minimum atomic E-state index is -1.04. The summed E-state index contributed by atoms with van der Waals surface area (Å²) in [5.74, 6) is -2.06. The summed E-state index contributed by atoms with van der Waals surface area (Å²) in [6.07, 6.45) is 10.6. The van der Waals surface area contributed by atoms with Gasteiger partial charge in [-0.1, -0.05) is 52.2 Å². The summed E-state index contributed by atoms with van der Waals surface area (Å²) in [6, 6.07) is 0. The highest BCUT2D eigenvalue weighted by atomic mass is 16.4. The first kappa shape index (κ1) is 18.8. The van der Waals surface area contributed by atoms with Crippen LogP contribution in [0.5, 0.6) is 0 Å². The molecule has 3 unspecified atom stereocenters. The lowest BCUT2D eigenvalue weighted by atomic mass is 9.63. The lowest BCUT2D eigenvalue weighted by molar-refractivity contribution is -0.150. The molecule has 2 aliphatic carbocycles. The van der Waals surface area contributed by atoms with Crippen molar-refractivity contribution < 1.29 is 19.8 Å². The van der Waals surface area contributed by atoms with Crippen LogP contribution in [0.25, 0.3) is 0 Å². The van der Waals surface area contributed by atoms with Crippen molar-refractivity contribution in [2.75, 3.05) is 0 Å². The maximum Gasteiger partial charge on any atom is 0.332 e. The Morgan fingerprint density at radius 1 is 1.25 bits per heavy atom. The maximum absolute atomic E-state index is 12.0. The van der Waals surface area contributed by atoms with Gasteiger partial charge in [0.2, 0.25) is 0 Å². The lowest BCUT2D eigenvalue weighted by Gasteiger charge is -2.38. The molecule has 2 aliphatic rings. The number of allylic oxidation sites excluding steroid dienone is 2. The second-order valence-corrected chi connectivity index (χ2v) is 7.34. The fourth-order valence-corrected chi connectivity index (χ4v) is 4.32. The van der Waals surface area contributed by atoms with Crippen LogP contribution < -0.4 is 0 Å². The zero-order valence-electron chi connectivity index (χ0n) is 15.0. The molecule has 4 heteroatoms. The van der Waals surface area contributed by atoms with Crippen LogP contribution in [0.15, 0.2) is 23.3 Å². The van der Waals surface area contributed by atoms with E-state index in [0.717, 1.165) is 50.5 Å². The van der Waals surface area contributed by atoms with E-state index in [4.69, 9.17) is 0 Å². The van der Waals surface area contributed by atoms with E-state index in [1.165, 1.54) is 0 Å². The second-order valence-electron chi connectivity index (χ2n) is 7.34. The maximum atomic E-state index is 12.0. The predicted molar refractivity (Wildman–Crippen MR) is 93.7 cm³/mol. The second kappa shape index (κ2) is 7.54. The monoisotopic (exact) mass is 334 g/mol. The van der Waals surface area contributed by atoms with Gasteiger partial charge < -0.3 is 10.2 Å². The van der Waals surface area contributed by atoms with Crippen molar-refractivity contribution in [3.63, 3.8) is 0 Å². The number of rotatable bonds is 9. The predicted octanol–water partition coefficient (Wildman–Crippen LogP) is 4.66. The molecular weight excluding hydrogens is 304 g/mol. The molecule has 4 nitrogen and oxygen atoms in total. The fourth-order valence-electron chi connectivity index (χ4n) is 4.32. The Labute approximate surface area is 144 Å². The molecule has 1 saturated carbocycles. The highest BCUT2D eigenvalue weighted by Gasteiger charge is 2.56. The SMILES string of the molecule is CCCCCC(CC)C1=C(C(=O)O)C(C)C(C(=O)O)(C2CC2)C=C1. The van der Waals surface area contributed by atoms with E-state index >= 15 is 0 Å². The summed E-state index contributed by atoms with van der Waals surface area (Å²) < 4.78 is 0. The average Bonchev–Trinajstić information content (AvgIpc) is 3.36. The van der Waals surface area contributed by atoms with Crippen LogP contribution in [-0.2, 0) is 9.59 Å². The van der Waals surface area contributed by atoms with Gasteiger partial charge in [-0.05, 0) is 43.1 Å². The van der Waals surface area contributed by atoms with E-state index < -0.39 is 23.3 Å². The van der Waals surface area contributed by atoms with E-state index in [2.05, 4.69) is 13.8 Å². The van der Waals surface area contributed by atoms with Crippen LogP contribution in [-0.4, -0.2) is 22.2 Å². The number of carboxylic acid groups (broad SMARTS) is 2. The number of carboxylic acids is 2. The van der Waals surface area contributed by atoms with Crippen LogP contribution in [0.3, 0.4) is 0 Å². The molecule has 3 atom stereocenters. The third-order valence-electron chi connectivity index (χ3n) is 5.94. The van der Waals surface area contributed by atoms with Gasteiger partial charge in [-0.15, -0.1) is 0 Å². The molecule has 0 aliphatic heterocycles. The molecule has 2 rings (SSSR count). The Morgan fingerprint density at radius 2 is 1.92 bits per heavy atom. The van der Waals surface area contributed by atoms with E-state index in [9.17, 15) is 19.8 Å². The largest absolute Gasteiger partial charge is 0.481 e. The number of aliphatic carboxylic acids is 2. The minimum Gasteiger partial charge on any atom is -0.481 e. The molecule has 134 valence electrons. The molecule has 0 saturated heterocycles. The number of hydrogen-bond donors (Lipinski definition) is 2. The fraction of sp³-hybridized carbons (Fsp3) is 0.700. The summed E-state index contributed by atoms with van der Waals surface area (Å²) in [7, 11) is 0. The molecule has 0 amide bonds. The molecule has 1 fully saturated rings. The van der Waals surface area contributed by atoms with Crippen molar-refractivity contribution in [1.29, 1.82) is 0 Å². The standard InChI is InChI=1S/C20H30O4/c1-4-6-7-8-14(5-2)16-11-12-20(19(23)24,15-9-10-15)13(3)17(16)18(21)22/h11-15H,4-10H2,1-3H3,(H,21,22)(H,23,24). The van der Waals surface area contributed by atoms with Crippen molar-refractivity contribution in [1.82, 2.24) is 0 Å². The van der Waals surface area contributed by atoms with Crippen LogP contribution in [0.2, 0.25) is 0 Å². The molecule has 24 heavy (non-hydrogen) atoms. The smallest absolute Gasteiger partial charge is 0.332 e. The summed E-state index contributed by atoms with van der Waals surface area (Å²) in [4.78, 5) is 24.0. The van der Waals surface area contributed by atoms with Crippen LogP contribution >= 0.6 is 0 Å². The van der Waals surface area contributed by atoms with Crippen molar-refractivity contribution >= 4 is 11.9 Å². The molecule has 0 heterocycles. The van der Waals surface area contributed by atoms with E-state index in [1.54, 1.807) is 6.92 Å². The third kappa shape index (κ3) is 3.28. The molecular formula is C20H30O4. The summed E-state index contributed by atoms with van der Waals surface area (Å²) >= 11 is 0. The van der Waals surface area contributed by atoms with Gasteiger partial charge in [0.15, 0.2) is 0 Å². The van der Waals surface area contributed by atoms with E-state index in [-0.39, 0.29) is 11.8 Å². The first-order valence-electron chi connectivity index (χ1n) is 9.30. The van der Waals surface area contributed by atoms with Gasteiger partial charge in [-0.3, -0.25) is 4.79 Å². The average molecular weight is 334 g/mol. The summed E-state index contributed by atoms with van der Waals surface area (Å²) in [5.41, 5.74) is 0.139. The van der Waals surface area contributed by atoms with Crippen LogP contribution in [0.1, 0.15) is 65.7 Å². The molecule has 0 spiro atoms. The van der Waals surface area contributed by atoms with E-state index in [0.29, 0.717) is 5.57 Å². The van der Waals surface area contributed by atoms with Crippen molar-refractivity contribution in [3.05, 3.63) is 23.3 Å². The van der Waals surface area contributed by atoms with Gasteiger partial charge in [-0.25, -0.2) is 4.79 Å². The molecule has 0 radical (unpaired) electrons. The Morgan fingerprint density at radius 3 is 2.38 bits per heavy atom. The number of hydrogen-bond acceptors (Lipinski definition) is 2. The molecule has 0 aromatic carbocycles. The molecule has 0 aromatic heterocycles. The highest BCUT2D eigenvalue weighted by Crippen LogP contribution is 2.56. The Hall–Kier alpha value is -1.58. The minimum absolute atomic E-state index is 0.0670. The molecule has 0 bridgehead atoms. The number of carbonyl (C=O) groups is 2. The first-order valence-corrected chi connectivity index (χ1v) is 9.30. The highest BCUT2D eigenvalue weighted by molar-refractivity contribution is 5.92. The van der Waals surface area contributed by atoms with Crippen molar-refractivity contribution in [2.24, 2.45) is 23.2 Å². The normalized spacial score (nSPS) is 28.0. The summed E-state index contributed by atoms with van der Waals surface area (Å²) in [6.45, 7) is 6.03. The van der Waals surface area contributed by atoms with Gasteiger partial charge in [-0.2, -0.15) is 0 Å². The van der Waals surface area contributed by atoms with Gasteiger partial charge in [0.1, 0.15) is 0 Å². The Bertz CT molecular complexity index is 556.